The van der Waals surface area contributed by atoms with Gasteiger partial charge in [0.2, 0.25) is 9.84 Å². The molecule has 0 aromatic heterocycles. The summed E-state index contributed by atoms with van der Waals surface area (Å²) in [6.45, 7) is 4.22. The summed E-state index contributed by atoms with van der Waals surface area (Å²) in [5.74, 6) is -2.69. The van der Waals surface area contributed by atoms with E-state index in [9.17, 15) is 28.2 Å². The van der Waals surface area contributed by atoms with Crippen LogP contribution in [0.2, 0.25) is 0 Å². The van der Waals surface area contributed by atoms with E-state index in [4.69, 9.17) is 9.47 Å². The van der Waals surface area contributed by atoms with Crippen molar-refractivity contribution in [1.82, 2.24) is 0 Å². The van der Waals surface area contributed by atoms with E-state index in [1.807, 2.05) is 13.8 Å². The molecule has 0 heterocycles. The molecule has 0 saturated heterocycles. The summed E-state index contributed by atoms with van der Waals surface area (Å²) < 4.78 is 36.4. The van der Waals surface area contributed by atoms with Gasteiger partial charge in [-0.15, -0.1) is 0 Å². The quantitative estimate of drug-likeness (QED) is 0.413. The maximum Gasteiger partial charge on any atom is 0.338 e. The molecule has 0 bridgehead atoms. The third kappa shape index (κ3) is 5.97. The van der Waals surface area contributed by atoms with Crippen molar-refractivity contribution in [1.29, 1.82) is 0 Å². The van der Waals surface area contributed by atoms with Crippen LogP contribution in [0.15, 0.2) is 46.2 Å². The first-order chi connectivity index (χ1) is 14.7. The Morgan fingerprint density at radius 3 is 1.52 bits per heavy atom. The minimum Gasteiger partial charge on any atom is -0.507 e. The molecule has 8 nitrogen and oxygen atoms in total. The second-order valence-corrected chi connectivity index (χ2v) is 8.73. The molecule has 2 aromatic rings. The van der Waals surface area contributed by atoms with Crippen LogP contribution >= 0.6 is 0 Å². The van der Waals surface area contributed by atoms with E-state index in [-0.39, 0.29) is 24.3 Å². The molecule has 31 heavy (non-hydrogen) atoms. The highest BCUT2D eigenvalue weighted by atomic mass is 32.2. The number of unbranched alkanes of at least 4 members (excludes halogenated alkanes) is 2. The number of phenolic OH excluding ortho intramolecular Hbond substituents is 2. The highest BCUT2D eigenvalue weighted by Crippen LogP contribution is 2.34. The van der Waals surface area contributed by atoms with Crippen LogP contribution in [0, 0.1) is 0 Å². The number of ether oxygens (including phenoxy) is 2. The Balaban J connectivity index is 2.40. The van der Waals surface area contributed by atoms with Crippen molar-refractivity contribution >= 4 is 21.8 Å². The first-order valence-corrected chi connectivity index (χ1v) is 11.5. The van der Waals surface area contributed by atoms with Crippen molar-refractivity contribution < 1.29 is 37.7 Å². The van der Waals surface area contributed by atoms with Crippen molar-refractivity contribution in [2.45, 2.75) is 49.3 Å². The standard InChI is InChI=1S/C22H26O8S/c1-3-5-11-29-21(25)15-7-9-17(23)19(13-15)31(27,28)20-14-16(8-10-18(20)24)22(26)30-12-6-4-2/h7-10,13-14,23-24H,3-6,11-12H2,1-2H3. The molecule has 168 valence electrons. The molecule has 9 heteroatoms. The molecule has 0 fully saturated rings. The van der Waals surface area contributed by atoms with Gasteiger partial charge >= 0.3 is 11.9 Å². The minimum atomic E-state index is -4.48. The smallest absolute Gasteiger partial charge is 0.338 e. The van der Waals surface area contributed by atoms with Gasteiger partial charge in [0.1, 0.15) is 21.3 Å². The average Bonchev–Trinajstić information content (AvgIpc) is 2.74. The number of hydrogen-bond donors (Lipinski definition) is 2. The van der Waals surface area contributed by atoms with Gasteiger partial charge in [0.15, 0.2) is 0 Å². The van der Waals surface area contributed by atoms with Gasteiger partial charge in [-0.2, -0.15) is 0 Å². The number of sulfone groups is 1. The zero-order valence-electron chi connectivity index (χ0n) is 17.5. The second kappa shape index (κ2) is 10.8. The topological polar surface area (TPSA) is 127 Å². The van der Waals surface area contributed by atoms with E-state index in [2.05, 4.69) is 0 Å². The van der Waals surface area contributed by atoms with Crippen LogP contribution in [0.5, 0.6) is 11.5 Å². The van der Waals surface area contributed by atoms with Crippen LogP contribution < -0.4 is 0 Å². The summed E-state index contributed by atoms with van der Waals surface area (Å²) in [5, 5.41) is 20.3. The summed E-state index contributed by atoms with van der Waals surface area (Å²) in [6.07, 6.45) is 2.95. The molecule has 0 saturated carbocycles. The van der Waals surface area contributed by atoms with E-state index < -0.39 is 43.1 Å². The molecule has 0 spiro atoms. The number of phenols is 2. The third-order valence-electron chi connectivity index (χ3n) is 4.43. The first-order valence-electron chi connectivity index (χ1n) is 9.97. The number of rotatable bonds is 10. The van der Waals surface area contributed by atoms with E-state index >= 15 is 0 Å². The first kappa shape index (κ1) is 24.2. The van der Waals surface area contributed by atoms with Gasteiger partial charge in [0, 0.05) is 0 Å². The van der Waals surface area contributed by atoms with Crippen LogP contribution in [-0.4, -0.2) is 43.8 Å². The molecule has 0 aliphatic heterocycles. The number of aromatic hydroxyl groups is 2. The Labute approximate surface area is 181 Å². The van der Waals surface area contributed by atoms with Crippen molar-refractivity contribution in [3.8, 4) is 11.5 Å². The lowest BCUT2D eigenvalue weighted by atomic mass is 10.2. The Morgan fingerprint density at radius 1 is 0.774 bits per heavy atom. The molecule has 0 amide bonds. The minimum absolute atomic E-state index is 0.0675. The van der Waals surface area contributed by atoms with Crippen LogP contribution in [0.4, 0.5) is 0 Å². The Morgan fingerprint density at radius 2 is 1.16 bits per heavy atom. The molecule has 0 atom stereocenters. The Kier molecular flexibility index (Phi) is 8.44. The van der Waals surface area contributed by atoms with Crippen LogP contribution in [-0.2, 0) is 19.3 Å². The SMILES string of the molecule is CCCCOC(=O)c1ccc(O)c(S(=O)(=O)c2cc(C(=O)OCCCC)ccc2O)c1. The maximum atomic E-state index is 13.1. The Bertz CT molecular complexity index is 966. The van der Waals surface area contributed by atoms with Crippen molar-refractivity contribution in [2.24, 2.45) is 0 Å². The van der Waals surface area contributed by atoms with Crippen molar-refractivity contribution in [2.75, 3.05) is 13.2 Å². The maximum absolute atomic E-state index is 13.1. The predicted octanol–water partition coefficient (Wildman–Crippen LogP) is 3.84. The molecule has 0 aliphatic carbocycles. The molecule has 2 aromatic carbocycles. The molecule has 0 unspecified atom stereocenters. The molecule has 0 aliphatic rings. The van der Waals surface area contributed by atoms with E-state index in [0.717, 1.165) is 37.1 Å². The van der Waals surface area contributed by atoms with Crippen molar-refractivity contribution in [3.05, 3.63) is 47.5 Å². The fraction of sp³-hybridized carbons (Fsp3) is 0.364. The van der Waals surface area contributed by atoms with Gasteiger partial charge in [-0.3, -0.25) is 0 Å². The normalized spacial score (nSPS) is 11.2. The van der Waals surface area contributed by atoms with E-state index in [0.29, 0.717) is 12.8 Å². The van der Waals surface area contributed by atoms with Crippen LogP contribution in [0.1, 0.15) is 60.2 Å². The average molecular weight is 451 g/mol. The van der Waals surface area contributed by atoms with Gasteiger partial charge in [-0.25, -0.2) is 18.0 Å². The number of carbonyl (C=O) groups excluding carboxylic acids is 2. The molecule has 2 rings (SSSR count). The fourth-order valence-corrected chi connectivity index (χ4v) is 4.10. The van der Waals surface area contributed by atoms with Crippen LogP contribution in [0.25, 0.3) is 0 Å². The Hall–Kier alpha value is -3.07. The molecular weight excluding hydrogens is 424 g/mol. The van der Waals surface area contributed by atoms with Crippen molar-refractivity contribution in [3.63, 3.8) is 0 Å². The highest BCUT2D eigenvalue weighted by molar-refractivity contribution is 7.91. The fourth-order valence-electron chi connectivity index (χ4n) is 2.62. The predicted molar refractivity (Wildman–Crippen MR) is 112 cm³/mol. The summed E-state index contributed by atoms with van der Waals surface area (Å²) >= 11 is 0. The van der Waals surface area contributed by atoms with Gasteiger partial charge in [-0.1, -0.05) is 26.7 Å². The molecule has 2 N–H and O–H groups in total. The second-order valence-electron chi connectivity index (χ2n) is 6.85. The summed E-state index contributed by atoms with van der Waals surface area (Å²) in [5.41, 5.74) is -0.135. The largest absolute Gasteiger partial charge is 0.507 e. The lowest BCUT2D eigenvalue weighted by molar-refractivity contribution is 0.0490. The third-order valence-corrected chi connectivity index (χ3v) is 6.24. The van der Waals surface area contributed by atoms with Gasteiger partial charge in [0.25, 0.3) is 0 Å². The van der Waals surface area contributed by atoms with E-state index in [1.165, 1.54) is 12.1 Å². The number of carbonyl (C=O) groups is 2. The zero-order chi connectivity index (χ0) is 23.0. The molecule has 0 radical (unpaired) electrons. The summed E-state index contributed by atoms with van der Waals surface area (Å²) in [7, 11) is -4.48. The summed E-state index contributed by atoms with van der Waals surface area (Å²) in [6, 6.07) is 6.55. The van der Waals surface area contributed by atoms with Gasteiger partial charge < -0.3 is 19.7 Å². The lowest BCUT2D eigenvalue weighted by Crippen LogP contribution is -2.10. The van der Waals surface area contributed by atoms with Gasteiger partial charge in [0.05, 0.1) is 24.3 Å². The molecular formula is C22H26O8S. The van der Waals surface area contributed by atoms with E-state index in [1.54, 1.807) is 0 Å². The number of hydrogen-bond acceptors (Lipinski definition) is 8. The number of esters is 2. The lowest BCUT2D eigenvalue weighted by Gasteiger charge is -2.12. The van der Waals surface area contributed by atoms with Crippen LogP contribution in [0.3, 0.4) is 0 Å². The summed E-state index contributed by atoms with van der Waals surface area (Å²) in [4.78, 5) is 23.2. The number of benzene rings is 2. The highest BCUT2D eigenvalue weighted by Gasteiger charge is 2.27. The zero-order valence-corrected chi connectivity index (χ0v) is 18.3. The van der Waals surface area contributed by atoms with Gasteiger partial charge in [-0.05, 0) is 49.2 Å². The monoisotopic (exact) mass is 450 g/mol.